The zero-order chi connectivity index (χ0) is 13.0. The average Bonchev–Trinajstić information content (AvgIpc) is 2.28. The molecular formula is C12H15FO4. The summed E-state index contributed by atoms with van der Waals surface area (Å²) in [4.78, 5) is 11.1. The predicted octanol–water partition coefficient (Wildman–Crippen LogP) is 0.805. The molecule has 0 radical (unpaired) electrons. The van der Waals surface area contributed by atoms with E-state index >= 15 is 0 Å². The van der Waals surface area contributed by atoms with Gasteiger partial charge in [0.25, 0.3) is 0 Å². The quantitative estimate of drug-likeness (QED) is 0.667. The fraction of sp³-hybridized carbons (Fsp3) is 0.417. The molecule has 1 aromatic carbocycles. The smallest absolute Gasteiger partial charge is 0.162 e. The van der Waals surface area contributed by atoms with Crippen LogP contribution in [0.3, 0.4) is 0 Å². The van der Waals surface area contributed by atoms with Crippen LogP contribution in [-0.4, -0.2) is 33.8 Å². The number of hydrogen-bond acceptors (Lipinski definition) is 4. The maximum Gasteiger partial charge on any atom is 0.162 e. The highest BCUT2D eigenvalue weighted by Crippen LogP contribution is 2.24. The first-order valence-electron chi connectivity index (χ1n) is 5.25. The van der Waals surface area contributed by atoms with E-state index in [9.17, 15) is 19.4 Å². The Hall–Kier alpha value is -1.30. The fourth-order valence-electron chi connectivity index (χ4n) is 1.55. The molecule has 0 saturated heterocycles. The second-order valence-corrected chi connectivity index (χ2v) is 3.79. The SMILES string of the molecule is CC(=O)c1cccc(C(O)C(O)CCO)c1F. The summed E-state index contributed by atoms with van der Waals surface area (Å²) in [5.41, 5.74) is -0.267. The number of aliphatic hydroxyl groups is 3. The summed E-state index contributed by atoms with van der Waals surface area (Å²) in [5.74, 6) is -1.28. The van der Waals surface area contributed by atoms with Gasteiger partial charge in [-0.05, 0) is 19.4 Å². The van der Waals surface area contributed by atoms with Crippen LogP contribution in [0, 0.1) is 5.82 Å². The van der Waals surface area contributed by atoms with Gasteiger partial charge in [0, 0.05) is 12.2 Å². The number of rotatable bonds is 5. The predicted molar refractivity (Wildman–Crippen MR) is 59.1 cm³/mol. The lowest BCUT2D eigenvalue weighted by Crippen LogP contribution is -2.21. The van der Waals surface area contributed by atoms with Gasteiger partial charge in [-0.25, -0.2) is 4.39 Å². The van der Waals surface area contributed by atoms with Gasteiger partial charge in [-0.2, -0.15) is 0 Å². The highest BCUT2D eigenvalue weighted by atomic mass is 19.1. The van der Waals surface area contributed by atoms with Gasteiger partial charge >= 0.3 is 0 Å². The van der Waals surface area contributed by atoms with Crippen molar-refractivity contribution in [1.82, 2.24) is 0 Å². The molecule has 0 fully saturated rings. The van der Waals surface area contributed by atoms with Crippen LogP contribution in [0.5, 0.6) is 0 Å². The molecular weight excluding hydrogens is 227 g/mol. The Labute approximate surface area is 98.3 Å². The highest BCUT2D eigenvalue weighted by Gasteiger charge is 2.23. The number of carbonyl (C=O) groups is 1. The molecule has 0 heterocycles. The van der Waals surface area contributed by atoms with Crippen molar-refractivity contribution in [3.63, 3.8) is 0 Å². The number of carbonyl (C=O) groups excluding carboxylic acids is 1. The third-order valence-corrected chi connectivity index (χ3v) is 2.52. The Morgan fingerprint density at radius 3 is 2.59 bits per heavy atom. The molecule has 0 saturated carbocycles. The maximum absolute atomic E-state index is 13.8. The van der Waals surface area contributed by atoms with E-state index in [0.717, 1.165) is 0 Å². The van der Waals surface area contributed by atoms with Gasteiger partial charge in [0.1, 0.15) is 11.9 Å². The minimum Gasteiger partial charge on any atom is -0.396 e. The Bertz CT molecular complexity index is 405. The maximum atomic E-state index is 13.8. The Morgan fingerprint density at radius 2 is 2.06 bits per heavy atom. The minimum atomic E-state index is -1.46. The summed E-state index contributed by atoms with van der Waals surface area (Å²) in [6.45, 7) is 0.908. The number of hydrogen-bond donors (Lipinski definition) is 3. The lowest BCUT2D eigenvalue weighted by Gasteiger charge is -2.18. The summed E-state index contributed by atoms with van der Waals surface area (Å²) in [5, 5.41) is 27.8. The summed E-state index contributed by atoms with van der Waals surface area (Å²) in [6, 6.07) is 4.05. The number of ketones is 1. The molecule has 0 amide bonds. The van der Waals surface area contributed by atoms with E-state index in [2.05, 4.69) is 0 Å². The molecule has 0 aliphatic rings. The van der Waals surface area contributed by atoms with Crippen molar-refractivity contribution in [3.05, 3.63) is 35.1 Å². The molecule has 1 aromatic rings. The number of halogens is 1. The normalized spacial score (nSPS) is 14.4. The Morgan fingerprint density at radius 1 is 1.41 bits per heavy atom. The first-order chi connectivity index (χ1) is 7.99. The van der Waals surface area contributed by atoms with Crippen LogP contribution in [0.25, 0.3) is 0 Å². The number of Topliss-reactive ketones (excluding diaryl/α,β-unsaturated/α-hetero) is 1. The summed E-state index contributed by atoms with van der Waals surface area (Å²) in [6.07, 6.45) is -2.79. The van der Waals surface area contributed by atoms with E-state index in [1.54, 1.807) is 0 Å². The molecule has 5 heteroatoms. The Balaban J connectivity index is 3.06. The molecule has 2 atom stereocenters. The van der Waals surface area contributed by atoms with Crippen molar-refractivity contribution in [1.29, 1.82) is 0 Å². The highest BCUT2D eigenvalue weighted by molar-refractivity contribution is 5.94. The third-order valence-electron chi connectivity index (χ3n) is 2.52. The van der Waals surface area contributed by atoms with E-state index in [1.807, 2.05) is 0 Å². The van der Waals surface area contributed by atoms with Gasteiger partial charge in [0.15, 0.2) is 5.78 Å². The van der Waals surface area contributed by atoms with Crippen LogP contribution in [-0.2, 0) is 0 Å². The van der Waals surface area contributed by atoms with Gasteiger partial charge < -0.3 is 15.3 Å². The van der Waals surface area contributed by atoms with Crippen molar-refractivity contribution in [2.45, 2.75) is 25.6 Å². The topological polar surface area (TPSA) is 77.8 Å². The molecule has 0 aliphatic carbocycles. The van der Waals surface area contributed by atoms with Crippen LogP contribution in [0.2, 0.25) is 0 Å². The van der Waals surface area contributed by atoms with Crippen LogP contribution < -0.4 is 0 Å². The van der Waals surface area contributed by atoms with E-state index in [1.165, 1.54) is 25.1 Å². The van der Waals surface area contributed by atoms with Crippen LogP contribution in [0.1, 0.15) is 35.4 Å². The fourth-order valence-corrected chi connectivity index (χ4v) is 1.55. The molecule has 4 nitrogen and oxygen atoms in total. The first kappa shape index (κ1) is 13.8. The van der Waals surface area contributed by atoms with Crippen molar-refractivity contribution in [2.24, 2.45) is 0 Å². The molecule has 0 aliphatic heterocycles. The first-order valence-corrected chi connectivity index (χ1v) is 5.25. The number of aliphatic hydroxyl groups excluding tert-OH is 3. The van der Waals surface area contributed by atoms with E-state index in [4.69, 9.17) is 5.11 Å². The second-order valence-electron chi connectivity index (χ2n) is 3.79. The third kappa shape index (κ3) is 3.09. The van der Waals surface area contributed by atoms with Crippen molar-refractivity contribution < 1.29 is 24.5 Å². The lowest BCUT2D eigenvalue weighted by molar-refractivity contribution is 0.00230. The molecule has 0 spiro atoms. The van der Waals surface area contributed by atoms with E-state index in [-0.39, 0.29) is 24.2 Å². The molecule has 17 heavy (non-hydrogen) atoms. The molecule has 0 bridgehead atoms. The van der Waals surface area contributed by atoms with Crippen molar-refractivity contribution in [3.8, 4) is 0 Å². The molecule has 94 valence electrons. The second kappa shape index (κ2) is 5.86. The summed E-state index contributed by atoms with van der Waals surface area (Å²) < 4.78 is 13.8. The van der Waals surface area contributed by atoms with E-state index < -0.39 is 23.8 Å². The molecule has 3 N–H and O–H groups in total. The average molecular weight is 242 g/mol. The van der Waals surface area contributed by atoms with Gasteiger partial charge in [0.05, 0.1) is 11.7 Å². The zero-order valence-corrected chi connectivity index (χ0v) is 9.43. The monoisotopic (exact) mass is 242 g/mol. The van der Waals surface area contributed by atoms with Gasteiger partial charge in [-0.3, -0.25) is 4.79 Å². The number of benzene rings is 1. The lowest BCUT2D eigenvalue weighted by atomic mass is 9.98. The molecule has 2 unspecified atom stereocenters. The van der Waals surface area contributed by atoms with Crippen LogP contribution in [0.4, 0.5) is 4.39 Å². The summed E-state index contributed by atoms with van der Waals surface area (Å²) in [7, 11) is 0. The van der Waals surface area contributed by atoms with E-state index in [0.29, 0.717) is 0 Å². The standard InChI is InChI=1S/C12H15FO4/c1-7(15)8-3-2-4-9(11(8)13)12(17)10(16)5-6-14/h2-4,10,12,14,16-17H,5-6H2,1H3. The van der Waals surface area contributed by atoms with Gasteiger partial charge in [-0.15, -0.1) is 0 Å². The largest absolute Gasteiger partial charge is 0.396 e. The molecule has 0 aromatic heterocycles. The van der Waals surface area contributed by atoms with Gasteiger partial charge in [0.2, 0.25) is 0 Å². The van der Waals surface area contributed by atoms with Crippen molar-refractivity contribution in [2.75, 3.05) is 6.61 Å². The molecule has 1 rings (SSSR count). The Kier molecular flexibility index (Phi) is 4.74. The van der Waals surface area contributed by atoms with Crippen molar-refractivity contribution >= 4 is 5.78 Å². The van der Waals surface area contributed by atoms with Crippen LogP contribution >= 0.6 is 0 Å². The minimum absolute atomic E-state index is 0.0646. The van der Waals surface area contributed by atoms with Gasteiger partial charge in [-0.1, -0.05) is 12.1 Å². The summed E-state index contributed by atoms with van der Waals surface area (Å²) >= 11 is 0. The zero-order valence-electron chi connectivity index (χ0n) is 9.43. The van der Waals surface area contributed by atoms with Crippen LogP contribution in [0.15, 0.2) is 18.2 Å².